The number of carbonyl (C=O) groups is 1. The number of halogens is 2. The normalized spacial score (nSPS) is 14.4. The molecule has 0 bridgehead atoms. The number of fused-ring (bicyclic) bond motifs is 1. The second kappa shape index (κ2) is 11.1. The molecule has 0 atom stereocenters. The first-order chi connectivity index (χ1) is 18.0. The van der Waals surface area contributed by atoms with Gasteiger partial charge in [-0.05, 0) is 41.0 Å². The lowest BCUT2D eigenvalue weighted by molar-refractivity contribution is -0.124. The van der Waals surface area contributed by atoms with Gasteiger partial charge >= 0.3 is 0 Å². The van der Waals surface area contributed by atoms with Gasteiger partial charge in [-0.2, -0.15) is 0 Å². The van der Waals surface area contributed by atoms with Crippen LogP contribution in [0.3, 0.4) is 0 Å². The minimum atomic E-state index is -0.292. The Hall–Kier alpha value is -3.76. The molecule has 0 spiro atoms. The first kappa shape index (κ1) is 24.9. The number of pyridine rings is 1. The van der Waals surface area contributed by atoms with E-state index in [1.165, 1.54) is 19.2 Å². The van der Waals surface area contributed by atoms with Crippen LogP contribution in [-0.2, 0) is 16.0 Å². The molecule has 2 N–H and O–H groups in total. The van der Waals surface area contributed by atoms with E-state index in [0.29, 0.717) is 31.2 Å². The highest BCUT2D eigenvalue weighted by atomic mass is 79.9. The fourth-order valence-electron chi connectivity index (χ4n) is 4.21. The van der Waals surface area contributed by atoms with Crippen molar-refractivity contribution in [3.63, 3.8) is 0 Å². The summed E-state index contributed by atoms with van der Waals surface area (Å²) in [5.74, 6) is -0.0551. The summed E-state index contributed by atoms with van der Waals surface area (Å²) in [7, 11) is 1.47. The lowest BCUT2D eigenvalue weighted by Crippen LogP contribution is -2.31. The molecule has 3 heterocycles. The van der Waals surface area contributed by atoms with Crippen LogP contribution in [0.2, 0.25) is 0 Å². The van der Waals surface area contributed by atoms with Crippen molar-refractivity contribution >= 4 is 49.2 Å². The molecule has 1 aliphatic carbocycles. The van der Waals surface area contributed by atoms with Crippen LogP contribution in [0.5, 0.6) is 0 Å². The highest BCUT2D eigenvalue weighted by molar-refractivity contribution is 9.15. The molecule has 8 nitrogen and oxygen atoms in total. The Kier molecular flexibility index (Phi) is 7.47. The molecular formula is C27H24BrFN6O2. The number of nitrogens with zero attached hydrogens (tertiary/aromatic N) is 4. The van der Waals surface area contributed by atoms with Gasteiger partial charge in [0.05, 0.1) is 22.8 Å². The Morgan fingerprint density at radius 1 is 1.14 bits per heavy atom. The van der Waals surface area contributed by atoms with Gasteiger partial charge < -0.3 is 15.4 Å². The van der Waals surface area contributed by atoms with Gasteiger partial charge in [0.1, 0.15) is 12.4 Å². The average molecular weight is 563 g/mol. The Morgan fingerprint density at radius 2 is 1.97 bits per heavy atom. The fraction of sp³-hybridized carbons (Fsp3) is 0.222. The molecule has 2 aliphatic rings. The van der Waals surface area contributed by atoms with Crippen LogP contribution < -0.4 is 10.6 Å². The summed E-state index contributed by atoms with van der Waals surface area (Å²) in [6.45, 7) is 0.866. The number of carbonyl (C=O) groups excluding carboxylic acids is 1. The first-order valence-electron chi connectivity index (χ1n) is 11.8. The molecule has 1 aromatic carbocycles. The van der Waals surface area contributed by atoms with Gasteiger partial charge in [-0.3, -0.25) is 9.78 Å². The Bertz CT molecular complexity index is 1440. The zero-order chi connectivity index (χ0) is 25.8. The number of rotatable bonds is 9. The standard InChI is InChI=1S/C27H24BrFN6O2/c1-37-15-25(36)30-10-11-32-27-31-9-8-23(35-27)26-19(13-24(34-26)16-2-4-18(29)5-3-16)17-12-20-21(28)6-7-22(20)33-14-17/h2-6,8-9,12,14H,7,10-11,13,15H2,1H3,(H,30,36)(H,31,32,35). The van der Waals surface area contributed by atoms with Gasteiger partial charge in [-0.25, -0.2) is 19.4 Å². The maximum absolute atomic E-state index is 13.6. The van der Waals surface area contributed by atoms with Crippen LogP contribution in [-0.4, -0.2) is 53.4 Å². The van der Waals surface area contributed by atoms with E-state index in [4.69, 9.17) is 9.73 Å². The number of ether oxygens (including phenoxy) is 1. The summed E-state index contributed by atoms with van der Waals surface area (Å²) >= 11 is 3.63. The minimum absolute atomic E-state index is 0.0151. The fourth-order valence-corrected chi connectivity index (χ4v) is 4.72. The zero-order valence-electron chi connectivity index (χ0n) is 20.1. The number of hydrogen-bond donors (Lipinski definition) is 2. The molecular weight excluding hydrogens is 539 g/mol. The molecule has 3 aromatic rings. The van der Waals surface area contributed by atoms with Crippen LogP contribution >= 0.6 is 15.9 Å². The lowest BCUT2D eigenvalue weighted by Gasteiger charge is -2.10. The monoisotopic (exact) mass is 562 g/mol. The lowest BCUT2D eigenvalue weighted by atomic mass is 9.97. The molecule has 10 heteroatoms. The van der Waals surface area contributed by atoms with E-state index in [0.717, 1.165) is 50.3 Å². The van der Waals surface area contributed by atoms with Crippen molar-refractivity contribution in [1.82, 2.24) is 20.3 Å². The number of aromatic nitrogens is 3. The highest BCUT2D eigenvalue weighted by Crippen LogP contribution is 2.39. The number of benzene rings is 1. The van der Waals surface area contributed by atoms with Crippen LogP contribution in [0.4, 0.5) is 10.3 Å². The SMILES string of the molecule is COCC(=O)NCCNc1nccc(C2=C(c3cnc4c(c3)C(Br)=CC4)CC(c3ccc(F)cc3)=N2)n1. The maximum atomic E-state index is 13.6. The molecule has 2 aromatic heterocycles. The van der Waals surface area contributed by atoms with E-state index in [-0.39, 0.29) is 18.3 Å². The van der Waals surface area contributed by atoms with Gasteiger partial charge in [-0.1, -0.05) is 34.1 Å². The first-order valence-corrected chi connectivity index (χ1v) is 12.6. The second-order valence-electron chi connectivity index (χ2n) is 8.52. The highest BCUT2D eigenvalue weighted by Gasteiger charge is 2.25. The van der Waals surface area contributed by atoms with Gasteiger partial charge in [0.2, 0.25) is 11.9 Å². The van der Waals surface area contributed by atoms with E-state index >= 15 is 0 Å². The zero-order valence-corrected chi connectivity index (χ0v) is 21.7. The van der Waals surface area contributed by atoms with E-state index in [2.05, 4.69) is 53.7 Å². The molecule has 5 rings (SSSR count). The van der Waals surface area contributed by atoms with Crippen molar-refractivity contribution in [3.8, 4) is 0 Å². The summed E-state index contributed by atoms with van der Waals surface area (Å²) in [5.41, 5.74) is 7.09. The van der Waals surface area contributed by atoms with Crippen molar-refractivity contribution < 1.29 is 13.9 Å². The number of amides is 1. The third-order valence-corrected chi connectivity index (χ3v) is 6.76. The van der Waals surface area contributed by atoms with Gasteiger partial charge in [0.15, 0.2) is 0 Å². The quantitative estimate of drug-likeness (QED) is 0.378. The Morgan fingerprint density at radius 3 is 2.78 bits per heavy atom. The largest absolute Gasteiger partial charge is 0.375 e. The summed E-state index contributed by atoms with van der Waals surface area (Å²) in [6, 6.07) is 10.3. The Labute approximate surface area is 221 Å². The predicted octanol–water partition coefficient (Wildman–Crippen LogP) is 4.24. The van der Waals surface area contributed by atoms with E-state index in [1.807, 2.05) is 12.3 Å². The molecule has 0 fully saturated rings. The number of anilines is 1. The van der Waals surface area contributed by atoms with Crippen molar-refractivity contribution in [2.45, 2.75) is 12.8 Å². The maximum Gasteiger partial charge on any atom is 0.246 e. The average Bonchev–Trinajstić information content (AvgIpc) is 3.51. The second-order valence-corrected chi connectivity index (χ2v) is 9.37. The van der Waals surface area contributed by atoms with E-state index < -0.39 is 0 Å². The Balaban J connectivity index is 1.44. The summed E-state index contributed by atoms with van der Waals surface area (Å²) in [6.07, 6.45) is 7.00. The molecule has 188 valence electrons. The van der Waals surface area contributed by atoms with E-state index in [1.54, 1.807) is 18.3 Å². The molecule has 0 radical (unpaired) electrons. The molecule has 37 heavy (non-hydrogen) atoms. The minimum Gasteiger partial charge on any atom is -0.375 e. The summed E-state index contributed by atoms with van der Waals surface area (Å²) < 4.78 is 19.4. The number of aliphatic imine (C=N–C) groups is 1. The van der Waals surface area contributed by atoms with Crippen LogP contribution in [0.15, 0.2) is 59.9 Å². The van der Waals surface area contributed by atoms with Crippen LogP contribution in [0.1, 0.15) is 34.5 Å². The van der Waals surface area contributed by atoms with Gasteiger partial charge in [0.25, 0.3) is 0 Å². The molecule has 1 aliphatic heterocycles. The number of methoxy groups -OCH3 is 1. The van der Waals surface area contributed by atoms with Crippen molar-refractivity contribution in [2.24, 2.45) is 4.99 Å². The smallest absolute Gasteiger partial charge is 0.246 e. The summed E-state index contributed by atoms with van der Waals surface area (Å²) in [5, 5.41) is 5.88. The number of allylic oxidation sites excluding steroid dienone is 2. The van der Waals surface area contributed by atoms with Crippen molar-refractivity contribution in [3.05, 3.63) is 88.8 Å². The number of nitrogens with one attached hydrogen (secondary N) is 2. The predicted molar refractivity (Wildman–Crippen MR) is 145 cm³/mol. The third kappa shape index (κ3) is 5.65. The van der Waals surface area contributed by atoms with Gasteiger partial charge in [0, 0.05) is 55.5 Å². The molecule has 0 saturated heterocycles. The van der Waals surface area contributed by atoms with E-state index in [9.17, 15) is 9.18 Å². The third-order valence-electron chi connectivity index (χ3n) is 6.01. The molecule has 1 amide bonds. The number of hydrogen-bond acceptors (Lipinski definition) is 7. The van der Waals surface area contributed by atoms with Crippen LogP contribution in [0, 0.1) is 5.82 Å². The molecule has 0 unspecified atom stereocenters. The van der Waals surface area contributed by atoms with Crippen LogP contribution in [0.25, 0.3) is 15.8 Å². The van der Waals surface area contributed by atoms with Crippen molar-refractivity contribution in [2.75, 3.05) is 32.1 Å². The molecule has 0 saturated carbocycles. The topological polar surface area (TPSA) is 101 Å². The van der Waals surface area contributed by atoms with Crippen molar-refractivity contribution in [1.29, 1.82) is 0 Å². The van der Waals surface area contributed by atoms with Gasteiger partial charge in [-0.15, -0.1) is 0 Å². The summed E-state index contributed by atoms with van der Waals surface area (Å²) in [4.78, 5) is 30.2.